The molecule has 0 aliphatic carbocycles. The monoisotopic (exact) mass is 396 g/mol. The number of ether oxygens (including phenoxy) is 2. The minimum atomic E-state index is 0.220. The van der Waals surface area contributed by atoms with Crippen LogP contribution in [-0.4, -0.2) is 45.3 Å². The van der Waals surface area contributed by atoms with Gasteiger partial charge in [-0.25, -0.2) is 0 Å². The number of hydrogen-bond donors (Lipinski definition) is 1. The molecular weight excluding hydrogens is 360 g/mol. The van der Waals surface area contributed by atoms with E-state index in [1.165, 1.54) is 17.5 Å². The van der Waals surface area contributed by atoms with Gasteiger partial charge in [0.1, 0.15) is 0 Å². The Morgan fingerprint density at radius 3 is 2.45 bits per heavy atom. The minimum absolute atomic E-state index is 0.220. The summed E-state index contributed by atoms with van der Waals surface area (Å²) in [4.78, 5) is 2.50. The van der Waals surface area contributed by atoms with Crippen molar-refractivity contribution in [2.75, 3.05) is 34.4 Å². The smallest absolute Gasteiger partial charge is 0.161 e. The van der Waals surface area contributed by atoms with E-state index in [0.29, 0.717) is 12.0 Å². The lowest BCUT2D eigenvalue weighted by Crippen LogP contribution is -2.52. The third-order valence-electron chi connectivity index (χ3n) is 6.79. The molecule has 2 aromatic rings. The van der Waals surface area contributed by atoms with Crippen LogP contribution in [0.4, 0.5) is 0 Å². The van der Waals surface area contributed by atoms with E-state index in [1.54, 1.807) is 14.2 Å². The van der Waals surface area contributed by atoms with E-state index in [1.807, 2.05) is 6.07 Å². The molecular formula is C25H36N2O2. The van der Waals surface area contributed by atoms with Crippen LogP contribution in [-0.2, 0) is 12.0 Å². The summed E-state index contributed by atoms with van der Waals surface area (Å²) in [5, 5.41) is 3.67. The summed E-state index contributed by atoms with van der Waals surface area (Å²) in [7, 11) is 5.61. The van der Waals surface area contributed by atoms with Crippen molar-refractivity contribution in [1.29, 1.82) is 0 Å². The molecule has 0 spiro atoms. The Bertz CT molecular complexity index is 780. The van der Waals surface area contributed by atoms with Gasteiger partial charge in [0.15, 0.2) is 11.5 Å². The SMILES string of the molecule is COc1ccc(CNCC[C@]2(c3ccccc3)C[C@@H](C)N(C)C[C@@H]2C)cc1OC. The maximum absolute atomic E-state index is 5.43. The van der Waals surface area contributed by atoms with E-state index >= 15 is 0 Å². The van der Waals surface area contributed by atoms with E-state index < -0.39 is 0 Å². The Balaban J connectivity index is 1.69. The van der Waals surface area contributed by atoms with Crippen molar-refractivity contribution in [1.82, 2.24) is 10.2 Å². The second kappa shape index (κ2) is 9.64. The van der Waals surface area contributed by atoms with Gasteiger partial charge in [-0.2, -0.15) is 0 Å². The maximum atomic E-state index is 5.43. The Labute approximate surface area is 176 Å². The fraction of sp³-hybridized carbons (Fsp3) is 0.520. The summed E-state index contributed by atoms with van der Waals surface area (Å²) in [6, 6.07) is 17.9. The highest BCUT2D eigenvalue weighted by Crippen LogP contribution is 2.44. The lowest BCUT2D eigenvalue weighted by atomic mass is 9.63. The number of likely N-dealkylation sites (tertiary alicyclic amines) is 1. The van der Waals surface area contributed by atoms with Gasteiger partial charge in [-0.3, -0.25) is 0 Å². The Morgan fingerprint density at radius 2 is 1.76 bits per heavy atom. The van der Waals surface area contributed by atoms with Crippen LogP contribution in [0, 0.1) is 5.92 Å². The second-order valence-corrected chi connectivity index (χ2v) is 8.53. The maximum Gasteiger partial charge on any atom is 0.161 e. The van der Waals surface area contributed by atoms with Crippen LogP contribution in [0.3, 0.4) is 0 Å². The molecule has 0 saturated carbocycles. The summed E-state index contributed by atoms with van der Waals surface area (Å²) >= 11 is 0. The predicted molar refractivity (Wildman–Crippen MR) is 120 cm³/mol. The summed E-state index contributed by atoms with van der Waals surface area (Å²) in [5.41, 5.74) is 2.92. The first-order chi connectivity index (χ1) is 14.0. The number of benzene rings is 2. The highest BCUT2D eigenvalue weighted by atomic mass is 16.5. The molecule has 29 heavy (non-hydrogen) atoms. The topological polar surface area (TPSA) is 33.7 Å². The molecule has 1 aliphatic rings. The Hall–Kier alpha value is -2.04. The molecule has 2 aromatic carbocycles. The van der Waals surface area contributed by atoms with Gasteiger partial charge >= 0.3 is 0 Å². The molecule has 1 N–H and O–H groups in total. The molecule has 4 heteroatoms. The van der Waals surface area contributed by atoms with Crippen LogP contribution in [0.15, 0.2) is 48.5 Å². The third-order valence-corrected chi connectivity index (χ3v) is 6.79. The van der Waals surface area contributed by atoms with E-state index in [2.05, 4.69) is 73.6 Å². The van der Waals surface area contributed by atoms with Crippen molar-refractivity contribution >= 4 is 0 Å². The van der Waals surface area contributed by atoms with Gasteiger partial charge in [0, 0.05) is 24.5 Å². The van der Waals surface area contributed by atoms with Crippen molar-refractivity contribution < 1.29 is 9.47 Å². The number of nitrogens with one attached hydrogen (secondary N) is 1. The molecule has 0 amide bonds. The molecule has 0 aromatic heterocycles. The van der Waals surface area contributed by atoms with E-state index in [-0.39, 0.29) is 5.41 Å². The van der Waals surface area contributed by atoms with Gasteiger partial charge in [0.2, 0.25) is 0 Å². The molecule has 3 rings (SSSR count). The van der Waals surface area contributed by atoms with Crippen molar-refractivity contribution in [3.8, 4) is 11.5 Å². The van der Waals surface area contributed by atoms with Crippen LogP contribution in [0.5, 0.6) is 11.5 Å². The molecule has 1 aliphatic heterocycles. The zero-order valence-electron chi connectivity index (χ0n) is 18.6. The number of rotatable bonds is 8. The Kier molecular flexibility index (Phi) is 7.20. The van der Waals surface area contributed by atoms with Crippen LogP contribution < -0.4 is 14.8 Å². The zero-order chi connectivity index (χ0) is 20.9. The molecule has 158 valence electrons. The highest BCUT2D eigenvalue weighted by Gasteiger charge is 2.43. The quantitative estimate of drug-likeness (QED) is 0.667. The summed E-state index contributed by atoms with van der Waals surface area (Å²) in [5.74, 6) is 2.17. The molecule has 1 heterocycles. The predicted octanol–water partition coefficient (Wildman–Crippen LogP) is 4.48. The number of hydrogen-bond acceptors (Lipinski definition) is 4. The van der Waals surface area contributed by atoms with Gasteiger partial charge in [-0.1, -0.05) is 43.3 Å². The second-order valence-electron chi connectivity index (χ2n) is 8.53. The van der Waals surface area contributed by atoms with Crippen molar-refractivity contribution in [3.05, 3.63) is 59.7 Å². The average molecular weight is 397 g/mol. The fourth-order valence-corrected chi connectivity index (χ4v) is 4.87. The minimum Gasteiger partial charge on any atom is -0.493 e. The molecule has 4 nitrogen and oxygen atoms in total. The number of methoxy groups -OCH3 is 2. The van der Waals surface area contributed by atoms with Gasteiger partial charge in [-0.15, -0.1) is 0 Å². The van der Waals surface area contributed by atoms with Crippen LogP contribution in [0.1, 0.15) is 37.8 Å². The summed E-state index contributed by atoms with van der Waals surface area (Å²) in [6.07, 6.45) is 2.34. The first kappa shape index (κ1) is 21.7. The molecule has 3 atom stereocenters. The first-order valence-electron chi connectivity index (χ1n) is 10.7. The standard InChI is InChI=1S/C25H36N2O2/c1-19-18-27(3)20(2)16-25(19,22-9-7-6-8-10-22)13-14-26-17-21-11-12-23(28-4)24(15-21)29-5/h6-12,15,19-20,26H,13-14,16-18H2,1-5H3/t19-,20+,25-/m0/s1. The summed E-state index contributed by atoms with van der Waals surface area (Å²) in [6.45, 7) is 7.75. The van der Waals surface area contributed by atoms with Crippen LogP contribution in [0.25, 0.3) is 0 Å². The fourth-order valence-electron chi connectivity index (χ4n) is 4.87. The molecule has 1 saturated heterocycles. The largest absolute Gasteiger partial charge is 0.493 e. The van der Waals surface area contributed by atoms with E-state index in [4.69, 9.17) is 9.47 Å². The van der Waals surface area contributed by atoms with Crippen LogP contribution in [0.2, 0.25) is 0 Å². The lowest BCUT2D eigenvalue weighted by molar-refractivity contribution is 0.0689. The number of piperidine rings is 1. The van der Waals surface area contributed by atoms with Crippen molar-refractivity contribution in [3.63, 3.8) is 0 Å². The van der Waals surface area contributed by atoms with Gasteiger partial charge in [0.25, 0.3) is 0 Å². The molecule has 0 unspecified atom stereocenters. The molecule has 0 bridgehead atoms. The summed E-state index contributed by atoms with van der Waals surface area (Å²) < 4.78 is 10.8. The van der Waals surface area contributed by atoms with Crippen molar-refractivity contribution in [2.24, 2.45) is 5.92 Å². The van der Waals surface area contributed by atoms with E-state index in [9.17, 15) is 0 Å². The average Bonchev–Trinajstić information content (AvgIpc) is 2.75. The molecule has 1 fully saturated rings. The van der Waals surface area contributed by atoms with Gasteiger partial charge < -0.3 is 19.7 Å². The zero-order valence-corrected chi connectivity index (χ0v) is 18.6. The molecule has 0 radical (unpaired) electrons. The van der Waals surface area contributed by atoms with E-state index in [0.717, 1.165) is 37.6 Å². The van der Waals surface area contributed by atoms with Gasteiger partial charge in [0.05, 0.1) is 14.2 Å². The van der Waals surface area contributed by atoms with Crippen molar-refractivity contribution in [2.45, 2.75) is 44.7 Å². The first-order valence-corrected chi connectivity index (χ1v) is 10.7. The van der Waals surface area contributed by atoms with Gasteiger partial charge in [-0.05, 0) is 62.5 Å². The Morgan fingerprint density at radius 1 is 1.03 bits per heavy atom. The third kappa shape index (κ3) is 4.76. The number of nitrogens with zero attached hydrogens (tertiary/aromatic N) is 1. The van der Waals surface area contributed by atoms with Crippen LogP contribution >= 0.6 is 0 Å². The highest BCUT2D eigenvalue weighted by molar-refractivity contribution is 5.42. The normalized spacial score (nSPS) is 25.0. The lowest BCUT2D eigenvalue weighted by Gasteiger charge is -2.50.